The molecule has 0 unspecified atom stereocenters. The van der Waals surface area contributed by atoms with Gasteiger partial charge in [0, 0.05) is 5.54 Å². The average molecular weight is 165 g/mol. The minimum atomic E-state index is 0.0673. The average Bonchev–Trinajstić information content (AvgIpc) is 1.91. The van der Waals surface area contributed by atoms with Gasteiger partial charge in [0.2, 0.25) is 0 Å². The predicted octanol–water partition coefficient (Wildman–Crippen LogP) is 1.87. The normalized spacial score (nSPS) is 11.2. The Morgan fingerprint density at radius 1 is 1.33 bits per heavy atom. The minimum Gasteiger partial charge on any atom is -0.384 e. The van der Waals surface area contributed by atoms with Gasteiger partial charge in [-0.05, 0) is 32.9 Å². The molecule has 0 aliphatic rings. The van der Waals surface area contributed by atoms with Crippen LogP contribution in [-0.2, 0) is 0 Å². The van der Waals surface area contributed by atoms with E-state index < -0.39 is 0 Å². The van der Waals surface area contributed by atoms with Crippen molar-refractivity contribution in [2.24, 2.45) is 0 Å². The van der Waals surface area contributed by atoms with Crippen molar-refractivity contribution in [3.8, 4) is 0 Å². The molecule has 0 atom stereocenters. The van der Waals surface area contributed by atoms with Gasteiger partial charge in [0.15, 0.2) is 0 Å². The number of anilines is 2. The van der Waals surface area contributed by atoms with E-state index in [0.717, 1.165) is 5.69 Å². The van der Waals surface area contributed by atoms with Crippen LogP contribution in [0.25, 0.3) is 0 Å². The summed E-state index contributed by atoms with van der Waals surface area (Å²) in [7, 11) is 0. The Morgan fingerprint density at radius 3 is 2.42 bits per heavy atom. The highest BCUT2D eigenvalue weighted by molar-refractivity contribution is 5.46. The fraction of sp³-hybridized carbons (Fsp3) is 0.444. The van der Waals surface area contributed by atoms with Crippen LogP contribution in [-0.4, -0.2) is 10.5 Å². The fourth-order valence-corrected chi connectivity index (χ4v) is 0.912. The molecule has 0 aliphatic heterocycles. The summed E-state index contributed by atoms with van der Waals surface area (Å²) in [4.78, 5) is 3.98. The molecular formula is C9H15N3. The summed E-state index contributed by atoms with van der Waals surface area (Å²) in [5, 5.41) is 3.29. The Bertz CT molecular complexity index is 245. The standard InChI is InChI=1S/C9H15N3/c1-9(2,3)12-7-4-5-8(10)11-6-7/h4-6,12H,1-3H3,(H2,10,11). The molecule has 0 saturated heterocycles. The lowest BCUT2D eigenvalue weighted by Gasteiger charge is -2.21. The second-order valence-corrected chi connectivity index (χ2v) is 3.85. The molecule has 1 heterocycles. The molecule has 1 aromatic rings. The van der Waals surface area contributed by atoms with E-state index in [4.69, 9.17) is 5.73 Å². The van der Waals surface area contributed by atoms with Crippen LogP contribution < -0.4 is 11.1 Å². The molecule has 66 valence electrons. The molecular weight excluding hydrogens is 150 g/mol. The lowest BCUT2D eigenvalue weighted by Crippen LogP contribution is -2.26. The number of aromatic nitrogens is 1. The van der Waals surface area contributed by atoms with Crippen LogP contribution in [0.5, 0.6) is 0 Å². The summed E-state index contributed by atoms with van der Waals surface area (Å²) in [6.45, 7) is 6.30. The highest BCUT2D eigenvalue weighted by Gasteiger charge is 2.08. The van der Waals surface area contributed by atoms with Gasteiger partial charge in [0.25, 0.3) is 0 Å². The SMILES string of the molecule is CC(C)(C)Nc1ccc(N)nc1. The number of nitrogens with two attached hydrogens (primary N) is 1. The summed E-state index contributed by atoms with van der Waals surface area (Å²) in [5.41, 5.74) is 6.52. The molecule has 0 fully saturated rings. The number of hydrogen-bond acceptors (Lipinski definition) is 3. The van der Waals surface area contributed by atoms with Gasteiger partial charge in [-0.15, -0.1) is 0 Å². The molecule has 0 amide bonds. The van der Waals surface area contributed by atoms with Crippen LogP contribution in [0.4, 0.5) is 11.5 Å². The van der Waals surface area contributed by atoms with E-state index >= 15 is 0 Å². The number of pyridine rings is 1. The Labute approximate surface area is 73.0 Å². The van der Waals surface area contributed by atoms with Gasteiger partial charge in [-0.2, -0.15) is 0 Å². The third-order valence-electron chi connectivity index (χ3n) is 1.31. The van der Waals surface area contributed by atoms with Crippen molar-refractivity contribution in [1.29, 1.82) is 0 Å². The molecule has 3 N–H and O–H groups in total. The van der Waals surface area contributed by atoms with Gasteiger partial charge in [0.05, 0.1) is 11.9 Å². The van der Waals surface area contributed by atoms with Gasteiger partial charge >= 0.3 is 0 Å². The molecule has 0 bridgehead atoms. The number of nitrogens with zero attached hydrogens (tertiary/aromatic N) is 1. The van der Waals surface area contributed by atoms with Crippen LogP contribution >= 0.6 is 0 Å². The van der Waals surface area contributed by atoms with Crippen molar-refractivity contribution in [2.75, 3.05) is 11.1 Å². The van der Waals surface area contributed by atoms with Crippen LogP contribution in [0, 0.1) is 0 Å². The zero-order valence-corrected chi connectivity index (χ0v) is 7.76. The maximum absolute atomic E-state index is 5.45. The van der Waals surface area contributed by atoms with Gasteiger partial charge < -0.3 is 11.1 Å². The first-order valence-corrected chi connectivity index (χ1v) is 3.97. The zero-order valence-electron chi connectivity index (χ0n) is 7.76. The third-order valence-corrected chi connectivity index (χ3v) is 1.31. The monoisotopic (exact) mass is 165 g/mol. The molecule has 0 aliphatic carbocycles. The van der Waals surface area contributed by atoms with Crippen molar-refractivity contribution in [2.45, 2.75) is 26.3 Å². The molecule has 3 nitrogen and oxygen atoms in total. The lowest BCUT2D eigenvalue weighted by molar-refractivity contribution is 0.633. The van der Waals surface area contributed by atoms with Crippen molar-refractivity contribution in [3.63, 3.8) is 0 Å². The largest absolute Gasteiger partial charge is 0.384 e. The Kier molecular flexibility index (Phi) is 2.22. The van der Waals surface area contributed by atoms with Crippen LogP contribution in [0.3, 0.4) is 0 Å². The minimum absolute atomic E-state index is 0.0673. The van der Waals surface area contributed by atoms with Crippen molar-refractivity contribution in [3.05, 3.63) is 18.3 Å². The number of nitrogen functional groups attached to an aromatic ring is 1. The van der Waals surface area contributed by atoms with E-state index in [-0.39, 0.29) is 5.54 Å². The highest BCUT2D eigenvalue weighted by Crippen LogP contribution is 2.13. The van der Waals surface area contributed by atoms with Crippen LogP contribution in [0.15, 0.2) is 18.3 Å². The Morgan fingerprint density at radius 2 is 2.00 bits per heavy atom. The van der Waals surface area contributed by atoms with E-state index in [1.807, 2.05) is 6.07 Å². The summed E-state index contributed by atoms with van der Waals surface area (Å²) in [6.07, 6.45) is 1.74. The van der Waals surface area contributed by atoms with Crippen molar-refractivity contribution < 1.29 is 0 Å². The molecule has 0 saturated carbocycles. The van der Waals surface area contributed by atoms with E-state index in [9.17, 15) is 0 Å². The Hall–Kier alpha value is -1.25. The van der Waals surface area contributed by atoms with Crippen molar-refractivity contribution >= 4 is 11.5 Å². The van der Waals surface area contributed by atoms with Gasteiger partial charge in [-0.3, -0.25) is 0 Å². The summed E-state index contributed by atoms with van der Waals surface area (Å²) in [6, 6.07) is 3.71. The lowest BCUT2D eigenvalue weighted by atomic mass is 10.1. The van der Waals surface area contributed by atoms with Gasteiger partial charge in [-0.25, -0.2) is 4.98 Å². The molecule has 12 heavy (non-hydrogen) atoms. The first-order valence-electron chi connectivity index (χ1n) is 3.97. The molecule has 3 heteroatoms. The van der Waals surface area contributed by atoms with E-state index in [1.165, 1.54) is 0 Å². The molecule has 0 aromatic carbocycles. The quantitative estimate of drug-likeness (QED) is 0.668. The van der Waals surface area contributed by atoms with Gasteiger partial charge in [-0.1, -0.05) is 0 Å². The maximum atomic E-state index is 5.45. The summed E-state index contributed by atoms with van der Waals surface area (Å²) < 4.78 is 0. The zero-order chi connectivity index (χ0) is 9.19. The summed E-state index contributed by atoms with van der Waals surface area (Å²) in [5.74, 6) is 0.550. The number of rotatable bonds is 1. The van der Waals surface area contributed by atoms with E-state index in [0.29, 0.717) is 5.82 Å². The van der Waals surface area contributed by atoms with Gasteiger partial charge in [0.1, 0.15) is 5.82 Å². The first kappa shape index (κ1) is 8.84. The summed E-state index contributed by atoms with van der Waals surface area (Å²) >= 11 is 0. The maximum Gasteiger partial charge on any atom is 0.123 e. The first-order chi connectivity index (χ1) is 5.47. The van der Waals surface area contributed by atoms with Crippen molar-refractivity contribution in [1.82, 2.24) is 4.98 Å². The number of hydrogen-bond donors (Lipinski definition) is 2. The number of nitrogens with one attached hydrogen (secondary N) is 1. The van der Waals surface area contributed by atoms with E-state index in [2.05, 4.69) is 31.1 Å². The highest BCUT2D eigenvalue weighted by atomic mass is 15.0. The molecule has 0 radical (unpaired) electrons. The molecule has 1 aromatic heterocycles. The smallest absolute Gasteiger partial charge is 0.123 e. The predicted molar refractivity (Wildman–Crippen MR) is 52.0 cm³/mol. The second kappa shape index (κ2) is 3.01. The molecule has 0 spiro atoms. The Balaban J connectivity index is 2.71. The topological polar surface area (TPSA) is 50.9 Å². The van der Waals surface area contributed by atoms with Crippen LogP contribution in [0.2, 0.25) is 0 Å². The van der Waals surface area contributed by atoms with E-state index in [1.54, 1.807) is 12.3 Å². The fourth-order valence-electron chi connectivity index (χ4n) is 0.912. The van der Waals surface area contributed by atoms with Crippen LogP contribution in [0.1, 0.15) is 20.8 Å². The molecule has 1 rings (SSSR count). The second-order valence-electron chi connectivity index (χ2n) is 3.85. The third kappa shape index (κ3) is 2.78.